The van der Waals surface area contributed by atoms with Crippen LogP contribution in [0.4, 0.5) is 0 Å². The van der Waals surface area contributed by atoms with Crippen molar-refractivity contribution >= 4 is 23.5 Å². The molecule has 0 bridgehead atoms. The molecule has 0 fully saturated rings. The van der Waals surface area contributed by atoms with Gasteiger partial charge in [-0.1, -0.05) is 296 Å². The van der Waals surface area contributed by atoms with Crippen molar-refractivity contribution in [1.29, 1.82) is 0 Å². The molecule has 0 nitrogen and oxygen atoms in total. The Balaban J connectivity index is 1.80. The SMILES string of the molecule is CCCCCCCCCCCCCCCCCCCCCCCCSc1[c]cccc1SCCCCCCCCCCCCCCCCCCCCCCCC. The summed E-state index contributed by atoms with van der Waals surface area (Å²) in [5, 5.41) is 0. The molecule has 0 aromatic heterocycles. The molecule has 329 valence electrons. The third kappa shape index (κ3) is 40.7. The maximum atomic E-state index is 3.56. The summed E-state index contributed by atoms with van der Waals surface area (Å²) in [6, 6.07) is 10.2. The van der Waals surface area contributed by atoms with Gasteiger partial charge in [0.15, 0.2) is 0 Å². The Kier molecular flexibility index (Phi) is 45.8. The van der Waals surface area contributed by atoms with Gasteiger partial charge in [-0.3, -0.25) is 0 Å². The minimum absolute atomic E-state index is 1.26. The molecule has 0 N–H and O–H groups in total. The minimum Gasteiger partial charge on any atom is -0.125 e. The van der Waals surface area contributed by atoms with Gasteiger partial charge in [-0.2, -0.15) is 0 Å². The highest BCUT2D eigenvalue weighted by Gasteiger charge is 2.04. The van der Waals surface area contributed by atoms with Crippen LogP contribution in [-0.4, -0.2) is 11.5 Å². The van der Waals surface area contributed by atoms with Gasteiger partial charge in [0.1, 0.15) is 0 Å². The summed E-state index contributed by atoms with van der Waals surface area (Å²) in [4.78, 5) is 2.87. The molecule has 1 rings (SSSR count). The first-order chi connectivity index (χ1) is 27.9. The zero-order valence-electron chi connectivity index (χ0n) is 38.6. The van der Waals surface area contributed by atoms with Crippen LogP contribution in [0.3, 0.4) is 0 Å². The standard InChI is InChI=1S/C54H101S2/c1-3-5-7-9-11-13-15-17-19-21-23-25-27-29-31-33-35-37-39-41-43-47-51-55-53-49-45-46-50-54(53)56-52-48-44-42-40-38-36-34-32-30-28-26-24-22-20-18-16-14-12-10-8-6-4-2/h45-46,49H,3-44,47-48,51-52H2,1-2H3. The van der Waals surface area contributed by atoms with Gasteiger partial charge in [0.05, 0.1) is 0 Å². The maximum absolute atomic E-state index is 3.56. The van der Waals surface area contributed by atoms with Gasteiger partial charge < -0.3 is 0 Å². The molecule has 0 unspecified atom stereocenters. The van der Waals surface area contributed by atoms with Crippen LogP contribution in [0.15, 0.2) is 28.0 Å². The van der Waals surface area contributed by atoms with Crippen LogP contribution >= 0.6 is 23.5 Å². The average molecular weight is 815 g/mol. The molecule has 1 radical (unpaired) electrons. The number of hydrogen-bond acceptors (Lipinski definition) is 2. The molecular formula is C54H101S2. The lowest BCUT2D eigenvalue weighted by molar-refractivity contribution is 0.520. The molecule has 0 aliphatic rings. The Hall–Kier alpha value is -0.0800. The first-order valence-electron chi connectivity index (χ1n) is 26.1. The Morgan fingerprint density at radius 3 is 0.804 bits per heavy atom. The van der Waals surface area contributed by atoms with Crippen LogP contribution in [0.2, 0.25) is 0 Å². The van der Waals surface area contributed by atoms with Gasteiger partial charge in [0, 0.05) is 9.79 Å². The van der Waals surface area contributed by atoms with Crippen molar-refractivity contribution in [3.63, 3.8) is 0 Å². The van der Waals surface area contributed by atoms with Crippen molar-refractivity contribution < 1.29 is 0 Å². The summed E-state index contributed by atoms with van der Waals surface area (Å²) >= 11 is 4.13. The molecule has 0 amide bonds. The van der Waals surface area contributed by atoms with Crippen molar-refractivity contribution in [3.05, 3.63) is 24.3 Å². The van der Waals surface area contributed by atoms with Gasteiger partial charge in [0.25, 0.3) is 0 Å². The van der Waals surface area contributed by atoms with E-state index < -0.39 is 0 Å². The van der Waals surface area contributed by atoms with E-state index in [-0.39, 0.29) is 0 Å². The molecule has 0 saturated carbocycles. The lowest BCUT2D eigenvalue weighted by Crippen LogP contribution is -1.87. The second kappa shape index (κ2) is 47.6. The molecule has 0 atom stereocenters. The summed E-state index contributed by atoms with van der Waals surface area (Å²) in [5.74, 6) is 2.52. The van der Waals surface area contributed by atoms with E-state index in [1.165, 1.54) is 304 Å². The van der Waals surface area contributed by atoms with E-state index in [2.05, 4.69) is 61.6 Å². The van der Waals surface area contributed by atoms with Gasteiger partial charge in [-0.05, 0) is 36.5 Å². The fraction of sp³-hybridized carbons (Fsp3) is 0.889. The second-order valence-corrected chi connectivity index (χ2v) is 20.2. The fourth-order valence-electron chi connectivity index (χ4n) is 8.41. The highest BCUT2D eigenvalue weighted by molar-refractivity contribution is 8.02. The van der Waals surface area contributed by atoms with Crippen LogP contribution in [-0.2, 0) is 0 Å². The monoisotopic (exact) mass is 814 g/mol. The van der Waals surface area contributed by atoms with E-state index in [1.807, 2.05) is 0 Å². The van der Waals surface area contributed by atoms with E-state index in [4.69, 9.17) is 0 Å². The van der Waals surface area contributed by atoms with Crippen molar-refractivity contribution in [2.24, 2.45) is 0 Å². The largest absolute Gasteiger partial charge is 0.125 e. The quantitative estimate of drug-likeness (QED) is 0.0475. The van der Waals surface area contributed by atoms with Crippen molar-refractivity contribution in [2.45, 2.75) is 306 Å². The minimum atomic E-state index is 1.26. The highest BCUT2D eigenvalue weighted by atomic mass is 32.2. The molecule has 0 aliphatic heterocycles. The number of thioether (sulfide) groups is 2. The molecule has 2 heteroatoms. The third-order valence-electron chi connectivity index (χ3n) is 12.3. The second-order valence-electron chi connectivity index (χ2n) is 17.9. The van der Waals surface area contributed by atoms with E-state index in [0.717, 1.165) is 0 Å². The summed E-state index contributed by atoms with van der Waals surface area (Å²) in [7, 11) is 0. The summed E-state index contributed by atoms with van der Waals surface area (Å²) < 4.78 is 0. The number of unbranched alkanes of at least 4 members (excludes halogenated alkanes) is 42. The van der Waals surface area contributed by atoms with Crippen LogP contribution in [0, 0.1) is 6.07 Å². The molecule has 1 aromatic rings. The summed E-state index contributed by atoms with van der Waals surface area (Å²) in [6.45, 7) is 4.62. The third-order valence-corrected chi connectivity index (χ3v) is 14.7. The molecule has 56 heavy (non-hydrogen) atoms. The zero-order valence-corrected chi connectivity index (χ0v) is 40.2. The van der Waals surface area contributed by atoms with Crippen LogP contribution in [0.25, 0.3) is 0 Å². The first kappa shape index (κ1) is 53.9. The number of benzene rings is 1. The Labute approximate surface area is 363 Å². The molecule has 0 saturated heterocycles. The summed E-state index contributed by atoms with van der Waals surface area (Å²) in [5.41, 5.74) is 0. The van der Waals surface area contributed by atoms with E-state index in [0.29, 0.717) is 0 Å². The molecular weight excluding hydrogens is 713 g/mol. The van der Waals surface area contributed by atoms with Crippen LogP contribution < -0.4 is 0 Å². The zero-order chi connectivity index (χ0) is 39.9. The van der Waals surface area contributed by atoms with Crippen LogP contribution in [0.1, 0.15) is 296 Å². The molecule has 0 heterocycles. The van der Waals surface area contributed by atoms with E-state index in [9.17, 15) is 0 Å². The average Bonchev–Trinajstić information content (AvgIpc) is 3.21. The Morgan fingerprint density at radius 1 is 0.304 bits per heavy atom. The van der Waals surface area contributed by atoms with E-state index >= 15 is 0 Å². The molecule has 0 aliphatic carbocycles. The predicted octanol–water partition coefficient (Wildman–Crippen LogP) is 20.9. The lowest BCUT2D eigenvalue weighted by Gasteiger charge is -2.09. The van der Waals surface area contributed by atoms with Crippen molar-refractivity contribution in [3.8, 4) is 0 Å². The molecule has 0 spiro atoms. The fourth-order valence-corrected chi connectivity index (χ4v) is 10.6. The van der Waals surface area contributed by atoms with Gasteiger partial charge >= 0.3 is 0 Å². The Morgan fingerprint density at radius 2 is 0.536 bits per heavy atom. The smallest absolute Gasteiger partial charge is 0.0287 e. The van der Waals surface area contributed by atoms with Gasteiger partial charge in [-0.25, -0.2) is 0 Å². The lowest BCUT2D eigenvalue weighted by atomic mass is 10.0. The molecule has 1 aromatic carbocycles. The van der Waals surface area contributed by atoms with E-state index in [1.54, 1.807) is 0 Å². The van der Waals surface area contributed by atoms with Crippen molar-refractivity contribution in [1.82, 2.24) is 0 Å². The number of rotatable bonds is 48. The number of hydrogen-bond donors (Lipinski definition) is 0. The maximum Gasteiger partial charge on any atom is 0.0287 e. The predicted molar refractivity (Wildman–Crippen MR) is 261 cm³/mol. The van der Waals surface area contributed by atoms with Gasteiger partial charge in [0.2, 0.25) is 0 Å². The Bertz CT molecular complexity index is 782. The summed E-state index contributed by atoms with van der Waals surface area (Å²) in [6.07, 6.45) is 64.2. The van der Waals surface area contributed by atoms with Gasteiger partial charge in [-0.15, -0.1) is 23.5 Å². The normalized spacial score (nSPS) is 11.6. The highest BCUT2D eigenvalue weighted by Crippen LogP contribution is 2.32. The topological polar surface area (TPSA) is 0 Å². The van der Waals surface area contributed by atoms with Crippen LogP contribution in [0.5, 0.6) is 0 Å². The first-order valence-corrected chi connectivity index (χ1v) is 28.1. The van der Waals surface area contributed by atoms with Crippen molar-refractivity contribution in [2.75, 3.05) is 11.5 Å².